The molecular weight excluding hydrogens is 354 g/mol. The molecule has 5 heteroatoms. The van der Waals surface area contributed by atoms with E-state index in [1.807, 2.05) is 54.6 Å². The van der Waals surface area contributed by atoms with E-state index in [1.54, 1.807) is 0 Å². The van der Waals surface area contributed by atoms with Gasteiger partial charge in [-0.1, -0.05) is 42.5 Å². The Hall–Kier alpha value is -0.525. The molecule has 0 saturated carbocycles. The van der Waals surface area contributed by atoms with Gasteiger partial charge < -0.3 is 19.4 Å². The number of hydrogen-bond acceptors (Lipinski definition) is 4. The van der Waals surface area contributed by atoms with Crippen LogP contribution in [0.5, 0.6) is 5.75 Å². The molecule has 0 bridgehead atoms. The zero-order valence-corrected chi connectivity index (χ0v) is 17.7. The molecule has 2 aromatic rings. The summed E-state index contributed by atoms with van der Waals surface area (Å²) in [6.45, 7) is 0.500. The largest absolute Gasteiger partial charge is 1.00 e. The maximum atomic E-state index is 10.8. The molecule has 0 aliphatic heterocycles. The van der Waals surface area contributed by atoms with E-state index in [9.17, 15) is 9.90 Å². The smallest absolute Gasteiger partial charge is 0.547 e. The van der Waals surface area contributed by atoms with Gasteiger partial charge in [-0.15, -0.1) is 0 Å². The first-order chi connectivity index (χ1) is 10.2. The van der Waals surface area contributed by atoms with E-state index in [1.165, 1.54) is 7.11 Å². The van der Waals surface area contributed by atoms with Crippen LogP contribution in [0.1, 0.15) is 11.1 Å². The fourth-order valence-electron chi connectivity index (χ4n) is 1.94. The summed E-state index contributed by atoms with van der Waals surface area (Å²) in [4.78, 5) is 10.8. The number of carboxylic acids is 1. The van der Waals surface area contributed by atoms with Gasteiger partial charge in [0.2, 0.25) is 0 Å². The molecule has 2 aromatic carbocycles. The normalized spacial score (nSPS) is 11.3. The molecular formula is C17H17O4Rb. The molecule has 4 nitrogen and oxygen atoms in total. The van der Waals surface area contributed by atoms with Crippen LogP contribution in [0.2, 0.25) is 0 Å². The summed E-state index contributed by atoms with van der Waals surface area (Å²) in [7, 11) is 1.36. The quantitative estimate of drug-likeness (QED) is 0.600. The molecule has 110 valence electrons. The second kappa shape index (κ2) is 10.3. The van der Waals surface area contributed by atoms with Crippen molar-refractivity contribution in [1.29, 1.82) is 0 Å². The summed E-state index contributed by atoms with van der Waals surface area (Å²) in [6, 6.07) is 17.2. The molecule has 0 aromatic heterocycles. The van der Waals surface area contributed by atoms with Gasteiger partial charge in [0, 0.05) is 13.5 Å². The molecule has 0 fully saturated rings. The summed E-state index contributed by atoms with van der Waals surface area (Å²) in [6.07, 6.45) is -0.654. The molecule has 0 aliphatic rings. The number of ether oxygens (including phenoxy) is 2. The van der Waals surface area contributed by atoms with Crippen molar-refractivity contribution in [2.45, 2.75) is 19.1 Å². The summed E-state index contributed by atoms with van der Waals surface area (Å²) in [5.74, 6) is -0.466. The number of carboxylic acid groups (broad SMARTS) is 1. The van der Waals surface area contributed by atoms with Gasteiger partial charge in [0.15, 0.2) is 0 Å². The minimum atomic E-state index is -1.21. The van der Waals surface area contributed by atoms with E-state index in [0.717, 1.165) is 16.9 Å². The number of hydrogen-bond donors (Lipinski definition) is 0. The molecule has 2 rings (SSSR count). The van der Waals surface area contributed by atoms with Crippen molar-refractivity contribution in [2.24, 2.45) is 0 Å². The predicted octanol–water partition coefficient (Wildman–Crippen LogP) is -1.42. The SMILES string of the molecule is COC(Cc1ccc(OCc2ccccc2)cc1)C(=O)[O-].[Rb+]. The molecule has 0 heterocycles. The first kappa shape index (κ1) is 19.5. The van der Waals surface area contributed by atoms with E-state index in [0.29, 0.717) is 6.61 Å². The van der Waals surface area contributed by atoms with Gasteiger partial charge in [-0.05, 0) is 23.3 Å². The predicted molar refractivity (Wildman–Crippen MR) is 76.7 cm³/mol. The van der Waals surface area contributed by atoms with Gasteiger partial charge >= 0.3 is 58.2 Å². The molecule has 1 unspecified atom stereocenters. The molecule has 0 radical (unpaired) electrons. The molecule has 1 atom stereocenters. The van der Waals surface area contributed by atoms with Crippen molar-refractivity contribution in [3.63, 3.8) is 0 Å². The van der Waals surface area contributed by atoms with Crippen LogP contribution in [0.25, 0.3) is 0 Å². The maximum Gasteiger partial charge on any atom is 1.00 e. The van der Waals surface area contributed by atoms with Crippen molar-refractivity contribution in [3.8, 4) is 5.75 Å². The van der Waals surface area contributed by atoms with Gasteiger partial charge in [-0.3, -0.25) is 0 Å². The maximum absolute atomic E-state index is 10.8. The third-order valence-corrected chi connectivity index (χ3v) is 3.14. The Morgan fingerprint density at radius 3 is 2.23 bits per heavy atom. The number of benzene rings is 2. The molecule has 0 N–H and O–H groups in total. The number of carbonyl (C=O) groups excluding carboxylic acids is 1. The fraction of sp³-hybridized carbons (Fsp3) is 0.235. The van der Waals surface area contributed by atoms with E-state index >= 15 is 0 Å². The van der Waals surface area contributed by atoms with Gasteiger partial charge in [-0.25, -0.2) is 0 Å². The number of aliphatic carboxylic acids is 1. The first-order valence-corrected chi connectivity index (χ1v) is 6.68. The summed E-state index contributed by atoms with van der Waals surface area (Å²) in [5, 5.41) is 10.8. The zero-order valence-electron chi connectivity index (χ0n) is 12.8. The average molecular weight is 371 g/mol. The Morgan fingerprint density at radius 1 is 1.05 bits per heavy atom. The molecule has 0 aliphatic carbocycles. The van der Waals surface area contributed by atoms with E-state index < -0.39 is 12.1 Å². The van der Waals surface area contributed by atoms with Gasteiger partial charge in [-0.2, -0.15) is 0 Å². The third kappa shape index (κ3) is 6.30. The average Bonchev–Trinajstić information content (AvgIpc) is 2.52. The van der Waals surface area contributed by atoms with E-state index in [4.69, 9.17) is 9.47 Å². The number of carbonyl (C=O) groups is 1. The Morgan fingerprint density at radius 2 is 1.68 bits per heavy atom. The first-order valence-electron chi connectivity index (χ1n) is 6.68. The summed E-state index contributed by atoms with van der Waals surface area (Å²) < 4.78 is 10.5. The van der Waals surface area contributed by atoms with Crippen LogP contribution in [0.15, 0.2) is 54.6 Å². The number of rotatable bonds is 7. The van der Waals surface area contributed by atoms with Crippen LogP contribution in [-0.4, -0.2) is 19.2 Å². The van der Waals surface area contributed by atoms with Crippen LogP contribution in [-0.2, 0) is 22.6 Å². The number of methoxy groups -OCH3 is 1. The second-order valence-corrected chi connectivity index (χ2v) is 4.67. The van der Waals surface area contributed by atoms with E-state index in [2.05, 4.69) is 0 Å². The second-order valence-electron chi connectivity index (χ2n) is 4.67. The molecule has 22 heavy (non-hydrogen) atoms. The molecule has 0 saturated heterocycles. The Bertz CT molecular complexity index is 569. The summed E-state index contributed by atoms with van der Waals surface area (Å²) in [5.41, 5.74) is 1.95. The van der Waals surface area contributed by atoms with Crippen molar-refractivity contribution in [1.82, 2.24) is 0 Å². The topological polar surface area (TPSA) is 58.6 Å². The van der Waals surface area contributed by atoms with Crippen LogP contribution >= 0.6 is 0 Å². The van der Waals surface area contributed by atoms with E-state index in [-0.39, 0.29) is 64.6 Å². The minimum absolute atomic E-state index is 0. The third-order valence-electron chi connectivity index (χ3n) is 3.14. The fourth-order valence-corrected chi connectivity index (χ4v) is 1.94. The van der Waals surface area contributed by atoms with Crippen LogP contribution in [0.3, 0.4) is 0 Å². The van der Waals surface area contributed by atoms with Crippen molar-refractivity contribution >= 4 is 5.97 Å². The van der Waals surface area contributed by atoms with Crippen molar-refractivity contribution in [3.05, 3.63) is 65.7 Å². The summed E-state index contributed by atoms with van der Waals surface area (Å²) >= 11 is 0. The Labute approximate surface area is 179 Å². The van der Waals surface area contributed by atoms with Crippen molar-refractivity contribution in [2.75, 3.05) is 7.11 Å². The van der Waals surface area contributed by atoms with Gasteiger partial charge in [0.25, 0.3) is 0 Å². The zero-order chi connectivity index (χ0) is 15.1. The van der Waals surface area contributed by atoms with Crippen molar-refractivity contribution < 1.29 is 77.6 Å². The van der Waals surface area contributed by atoms with Crippen LogP contribution in [0, 0.1) is 0 Å². The standard InChI is InChI=1S/C17H18O4.Rb/c1-20-16(17(18)19)11-13-7-9-15(10-8-13)21-12-14-5-3-2-4-6-14;/h2-10,16H,11-12H2,1H3,(H,18,19);/q;+1/p-1. The van der Waals surface area contributed by atoms with Gasteiger partial charge in [0.05, 0.1) is 5.97 Å². The molecule has 0 spiro atoms. The van der Waals surface area contributed by atoms with Crippen LogP contribution < -0.4 is 68.0 Å². The monoisotopic (exact) mass is 370 g/mol. The minimum Gasteiger partial charge on any atom is -0.547 e. The van der Waals surface area contributed by atoms with Crippen LogP contribution in [0.4, 0.5) is 0 Å². The Balaban J connectivity index is 0.00000242. The Kier molecular flexibility index (Phi) is 9.13. The van der Waals surface area contributed by atoms with Gasteiger partial charge in [0.1, 0.15) is 18.5 Å². The molecule has 0 amide bonds.